The first kappa shape index (κ1) is 16.9. The molecule has 5 heteroatoms. The predicted molar refractivity (Wildman–Crippen MR) is 105 cm³/mol. The monoisotopic (exact) mass is 426 g/mol. The van der Waals surface area contributed by atoms with Crippen molar-refractivity contribution in [3.05, 3.63) is 93.1 Å². The Balaban J connectivity index is 1.61. The molecule has 0 atom stereocenters. The molecule has 128 valence electrons. The highest BCUT2D eigenvalue weighted by atomic mass is 79.9. The number of ether oxygens (including phenoxy) is 1. The first-order valence-corrected chi connectivity index (χ1v) is 9.03. The van der Waals surface area contributed by atoms with Crippen LogP contribution in [0.2, 0.25) is 5.02 Å². The first-order valence-electron chi connectivity index (χ1n) is 7.86. The molecule has 0 bridgehead atoms. The summed E-state index contributed by atoms with van der Waals surface area (Å²) in [6.07, 6.45) is 3.38. The average Bonchev–Trinajstić information content (AvgIpc) is 3.24. The van der Waals surface area contributed by atoms with Gasteiger partial charge >= 0.3 is 5.97 Å². The van der Waals surface area contributed by atoms with Crippen molar-refractivity contribution < 1.29 is 13.9 Å². The van der Waals surface area contributed by atoms with E-state index in [9.17, 15) is 4.79 Å². The van der Waals surface area contributed by atoms with Crippen molar-refractivity contribution in [2.24, 2.45) is 0 Å². The summed E-state index contributed by atoms with van der Waals surface area (Å²) in [6.45, 7) is 0. The molecule has 2 aromatic carbocycles. The summed E-state index contributed by atoms with van der Waals surface area (Å²) in [5, 5.41) is 0.630. The number of esters is 1. The number of rotatable bonds is 3. The van der Waals surface area contributed by atoms with Crippen LogP contribution in [0.25, 0.3) is 23.2 Å². The zero-order chi connectivity index (χ0) is 18.1. The van der Waals surface area contributed by atoms with E-state index in [0.717, 1.165) is 21.4 Å². The lowest BCUT2D eigenvalue weighted by Crippen LogP contribution is -1.96. The predicted octanol–water partition coefficient (Wildman–Crippen LogP) is 6.34. The molecule has 0 saturated heterocycles. The normalized spacial score (nSPS) is 15.2. The van der Waals surface area contributed by atoms with E-state index < -0.39 is 5.97 Å². The Morgan fingerprint density at radius 2 is 1.58 bits per heavy atom. The number of hydrogen-bond donors (Lipinski definition) is 0. The molecular weight excluding hydrogens is 416 g/mol. The third-order valence-corrected chi connectivity index (χ3v) is 4.69. The SMILES string of the molecule is O=C1OC(c2ccc(Cl)cc2)=CC1=Cc1ccc(-c2ccc(Br)cc2)o1. The van der Waals surface area contributed by atoms with Crippen molar-refractivity contribution in [1.29, 1.82) is 0 Å². The molecule has 0 fully saturated rings. The van der Waals surface area contributed by atoms with Crippen molar-refractivity contribution in [3.63, 3.8) is 0 Å². The molecule has 0 amide bonds. The van der Waals surface area contributed by atoms with Gasteiger partial charge in [-0.15, -0.1) is 0 Å². The van der Waals surface area contributed by atoms with Gasteiger partial charge in [-0.3, -0.25) is 0 Å². The Hall–Kier alpha value is -2.56. The number of benzene rings is 2. The molecule has 26 heavy (non-hydrogen) atoms. The first-order chi connectivity index (χ1) is 12.6. The van der Waals surface area contributed by atoms with Crippen LogP contribution in [0.4, 0.5) is 0 Å². The second-order valence-electron chi connectivity index (χ2n) is 5.71. The smallest absolute Gasteiger partial charge is 0.343 e. The van der Waals surface area contributed by atoms with Crippen LogP contribution in [0.5, 0.6) is 0 Å². The second-order valence-corrected chi connectivity index (χ2v) is 7.07. The van der Waals surface area contributed by atoms with Gasteiger partial charge in [0.1, 0.15) is 17.3 Å². The third-order valence-electron chi connectivity index (χ3n) is 3.91. The molecule has 1 aliphatic heterocycles. The molecule has 0 saturated carbocycles. The maximum atomic E-state index is 12.1. The van der Waals surface area contributed by atoms with Crippen molar-refractivity contribution in [1.82, 2.24) is 0 Å². The zero-order valence-electron chi connectivity index (χ0n) is 13.4. The summed E-state index contributed by atoms with van der Waals surface area (Å²) in [5.41, 5.74) is 2.19. The topological polar surface area (TPSA) is 39.4 Å². The van der Waals surface area contributed by atoms with Crippen LogP contribution in [0.1, 0.15) is 11.3 Å². The standard InChI is InChI=1S/C21H12BrClO3/c22-16-5-1-13(2-6-16)19-10-9-18(25-19)11-15-12-20(26-21(15)24)14-3-7-17(23)8-4-14/h1-12H. The summed E-state index contributed by atoms with van der Waals surface area (Å²) in [4.78, 5) is 12.1. The van der Waals surface area contributed by atoms with E-state index in [1.165, 1.54) is 0 Å². The fraction of sp³-hybridized carbons (Fsp3) is 0. The lowest BCUT2D eigenvalue weighted by atomic mass is 10.1. The summed E-state index contributed by atoms with van der Waals surface area (Å²) in [6, 6.07) is 18.6. The number of carbonyl (C=O) groups is 1. The van der Waals surface area contributed by atoms with Gasteiger partial charge in [-0.05, 0) is 60.7 Å². The second kappa shape index (κ2) is 6.98. The average molecular weight is 428 g/mol. The Kier molecular flexibility index (Phi) is 4.53. The summed E-state index contributed by atoms with van der Waals surface area (Å²) in [5.74, 6) is 1.41. The van der Waals surface area contributed by atoms with Gasteiger partial charge in [0.2, 0.25) is 0 Å². The van der Waals surface area contributed by atoms with Crippen molar-refractivity contribution in [2.45, 2.75) is 0 Å². The Morgan fingerprint density at radius 3 is 2.31 bits per heavy atom. The van der Waals surface area contributed by atoms with E-state index in [-0.39, 0.29) is 0 Å². The summed E-state index contributed by atoms with van der Waals surface area (Å²) >= 11 is 9.30. The molecule has 4 rings (SSSR count). The van der Waals surface area contributed by atoms with Gasteiger partial charge in [0.25, 0.3) is 0 Å². The zero-order valence-corrected chi connectivity index (χ0v) is 15.8. The van der Waals surface area contributed by atoms with Gasteiger partial charge in [0.05, 0.1) is 5.57 Å². The van der Waals surface area contributed by atoms with Crippen LogP contribution in [0.3, 0.4) is 0 Å². The number of halogens is 2. The third kappa shape index (κ3) is 3.52. The minimum absolute atomic E-state index is 0.406. The van der Waals surface area contributed by atoms with E-state index >= 15 is 0 Å². The molecule has 0 N–H and O–H groups in total. The molecule has 0 unspecified atom stereocenters. The van der Waals surface area contributed by atoms with Crippen molar-refractivity contribution >= 4 is 45.3 Å². The Labute approximate surface area is 163 Å². The molecule has 3 nitrogen and oxygen atoms in total. The number of cyclic esters (lactones) is 1. The summed E-state index contributed by atoms with van der Waals surface area (Å²) in [7, 11) is 0. The van der Waals surface area contributed by atoms with Crippen LogP contribution in [-0.2, 0) is 9.53 Å². The van der Waals surface area contributed by atoms with Gasteiger partial charge in [-0.1, -0.05) is 39.7 Å². The van der Waals surface area contributed by atoms with Crippen LogP contribution >= 0.6 is 27.5 Å². The molecule has 0 aliphatic carbocycles. The largest absolute Gasteiger partial charge is 0.457 e. The minimum Gasteiger partial charge on any atom is -0.457 e. The van der Waals surface area contributed by atoms with E-state index in [1.54, 1.807) is 24.3 Å². The summed E-state index contributed by atoms with van der Waals surface area (Å²) < 4.78 is 12.2. The minimum atomic E-state index is -0.406. The lowest BCUT2D eigenvalue weighted by molar-refractivity contribution is -0.130. The van der Waals surface area contributed by atoms with E-state index in [2.05, 4.69) is 15.9 Å². The maximum Gasteiger partial charge on any atom is 0.343 e. The fourth-order valence-electron chi connectivity index (χ4n) is 2.60. The van der Waals surface area contributed by atoms with Crippen LogP contribution in [0.15, 0.2) is 81.2 Å². The van der Waals surface area contributed by atoms with Gasteiger partial charge in [0, 0.05) is 20.6 Å². The molecule has 2 heterocycles. The van der Waals surface area contributed by atoms with Crippen LogP contribution in [0, 0.1) is 0 Å². The van der Waals surface area contributed by atoms with Gasteiger partial charge in [0.15, 0.2) is 0 Å². The highest BCUT2D eigenvalue weighted by Gasteiger charge is 2.22. The van der Waals surface area contributed by atoms with Gasteiger partial charge in [-0.2, -0.15) is 0 Å². The Bertz CT molecular complexity index is 1030. The fourth-order valence-corrected chi connectivity index (χ4v) is 2.99. The highest BCUT2D eigenvalue weighted by molar-refractivity contribution is 9.10. The number of hydrogen-bond acceptors (Lipinski definition) is 3. The molecular formula is C21H12BrClO3. The molecule has 0 spiro atoms. The highest BCUT2D eigenvalue weighted by Crippen LogP contribution is 2.30. The Morgan fingerprint density at radius 1 is 0.885 bits per heavy atom. The van der Waals surface area contributed by atoms with E-state index in [1.807, 2.05) is 48.5 Å². The van der Waals surface area contributed by atoms with Crippen LogP contribution < -0.4 is 0 Å². The molecule has 3 aromatic rings. The maximum absolute atomic E-state index is 12.1. The van der Waals surface area contributed by atoms with E-state index in [4.69, 9.17) is 20.8 Å². The van der Waals surface area contributed by atoms with Crippen molar-refractivity contribution in [3.8, 4) is 11.3 Å². The lowest BCUT2D eigenvalue weighted by Gasteiger charge is -2.01. The molecule has 0 radical (unpaired) electrons. The number of carbonyl (C=O) groups excluding carboxylic acids is 1. The van der Waals surface area contributed by atoms with Gasteiger partial charge in [-0.25, -0.2) is 4.79 Å². The van der Waals surface area contributed by atoms with Gasteiger partial charge < -0.3 is 9.15 Å². The van der Waals surface area contributed by atoms with Crippen molar-refractivity contribution in [2.75, 3.05) is 0 Å². The molecule has 1 aromatic heterocycles. The van der Waals surface area contributed by atoms with E-state index in [0.29, 0.717) is 22.1 Å². The molecule has 1 aliphatic rings. The number of furan rings is 1. The van der Waals surface area contributed by atoms with Crippen LogP contribution in [-0.4, -0.2) is 5.97 Å². The quantitative estimate of drug-likeness (QED) is 0.361.